The third kappa shape index (κ3) is 3.53. The van der Waals surface area contributed by atoms with Gasteiger partial charge < -0.3 is 5.32 Å². The number of nitrogens with zero attached hydrogens (tertiary/aromatic N) is 2. The van der Waals surface area contributed by atoms with Crippen LogP contribution in [-0.4, -0.2) is 16.3 Å². The number of hydrogen-bond acceptors (Lipinski definition) is 2. The predicted molar refractivity (Wildman–Crippen MR) is 74.5 cm³/mol. The van der Waals surface area contributed by atoms with Crippen LogP contribution in [0.4, 0.5) is 18.9 Å². The van der Waals surface area contributed by atoms with Gasteiger partial charge in [0.05, 0.1) is 5.56 Å². The number of rotatable bonds is 4. The Bertz CT molecular complexity index is 593. The lowest BCUT2D eigenvalue weighted by atomic mass is 10.2. The average Bonchev–Trinajstić information content (AvgIpc) is 2.76. The van der Waals surface area contributed by atoms with E-state index in [9.17, 15) is 13.2 Å². The quantitative estimate of drug-likeness (QED) is 0.910. The summed E-state index contributed by atoms with van der Waals surface area (Å²) in [5, 5.41) is 7.02. The maximum Gasteiger partial charge on any atom is 0.417 e. The van der Waals surface area contributed by atoms with E-state index in [0.29, 0.717) is 18.7 Å². The number of alkyl halides is 3. The van der Waals surface area contributed by atoms with Crippen molar-refractivity contribution in [2.45, 2.75) is 12.6 Å². The summed E-state index contributed by atoms with van der Waals surface area (Å²) in [6, 6.07) is 6.00. The highest BCUT2D eigenvalue weighted by molar-refractivity contribution is 9.10. The molecule has 1 heterocycles. The van der Waals surface area contributed by atoms with Gasteiger partial charge in [0.15, 0.2) is 0 Å². The summed E-state index contributed by atoms with van der Waals surface area (Å²) in [6.45, 7) is 0.540. The first kappa shape index (κ1) is 14.9. The predicted octanol–water partition coefficient (Wildman–Crippen LogP) is 3.86. The van der Waals surface area contributed by atoms with Gasteiger partial charge in [-0.25, -0.2) is 0 Å². The third-order valence-corrected chi connectivity index (χ3v) is 3.60. The molecule has 1 aromatic carbocycles. The number of hydrogen-bond donors (Lipinski definition) is 1. The minimum atomic E-state index is -4.36. The molecule has 0 fully saturated rings. The molecule has 0 saturated heterocycles. The Balaban J connectivity index is 2.02. The molecule has 0 aliphatic heterocycles. The molecule has 0 unspecified atom stereocenters. The van der Waals surface area contributed by atoms with Crippen LogP contribution in [0, 0.1) is 0 Å². The zero-order valence-corrected chi connectivity index (χ0v) is 12.3. The van der Waals surface area contributed by atoms with Gasteiger partial charge in [0, 0.05) is 42.1 Å². The Morgan fingerprint density at radius 2 is 2.05 bits per heavy atom. The van der Waals surface area contributed by atoms with Gasteiger partial charge in [0.2, 0.25) is 0 Å². The highest BCUT2D eigenvalue weighted by Gasteiger charge is 2.33. The lowest BCUT2D eigenvalue weighted by molar-refractivity contribution is -0.138. The average molecular weight is 348 g/mol. The fourth-order valence-corrected chi connectivity index (χ4v) is 2.31. The maximum absolute atomic E-state index is 12.8. The maximum atomic E-state index is 12.8. The van der Waals surface area contributed by atoms with Crippen molar-refractivity contribution in [1.29, 1.82) is 0 Å². The van der Waals surface area contributed by atoms with E-state index in [1.54, 1.807) is 16.9 Å². The summed E-state index contributed by atoms with van der Waals surface area (Å²) in [4.78, 5) is 0. The van der Waals surface area contributed by atoms with Gasteiger partial charge in [-0.15, -0.1) is 0 Å². The largest absolute Gasteiger partial charge is 0.417 e. The van der Waals surface area contributed by atoms with Gasteiger partial charge in [0.1, 0.15) is 0 Å². The molecule has 2 rings (SSSR count). The monoisotopic (exact) mass is 347 g/mol. The Morgan fingerprint density at radius 1 is 1.30 bits per heavy atom. The second-order valence-corrected chi connectivity index (χ2v) is 5.17. The van der Waals surface area contributed by atoms with Crippen molar-refractivity contribution < 1.29 is 13.2 Å². The molecule has 0 radical (unpaired) electrons. The van der Waals surface area contributed by atoms with Gasteiger partial charge in [-0.2, -0.15) is 18.3 Å². The van der Waals surface area contributed by atoms with Gasteiger partial charge in [-0.1, -0.05) is 15.9 Å². The molecular weight excluding hydrogens is 335 g/mol. The molecule has 108 valence electrons. The van der Waals surface area contributed by atoms with Crippen LogP contribution in [0.1, 0.15) is 11.3 Å². The molecule has 0 saturated carbocycles. The first-order valence-electron chi connectivity index (χ1n) is 5.95. The van der Waals surface area contributed by atoms with Crippen molar-refractivity contribution >= 4 is 21.6 Å². The molecule has 1 aromatic heterocycles. The van der Waals surface area contributed by atoms with Crippen LogP contribution < -0.4 is 5.32 Å². The lowest BCUT2D eigenvalue weighted by Crippen LogP contribution is -2.10. The van der Waals surface area contributed by atoms with Crippen LogP contribution in [0.15, 0.2) is 34.9 Å². The fraction of sp³-hybridized carbons (Fsp3) is 0.308. The Kier molecular flexibility index (Phi) is 4.37. The molecular formula is C13H13BrF3N3. The summed E-state index contributed by atoms with van der Waals surface area (Å²) >= 11 is 2.92. The first-order chi connectivity index (χ1) is 9.38. The molecule has 7 heteroatoms. The van der Waals surface area contributed by atoms with Crippen molar-refractivity contribution in [1.82, 2.24) is 9.78 Å². The number of aromatic nitrogens is 2. The number of aryl methyl sites for hydroxylation is 1. The number of anilines is 1. The molecule has 20 heavy (non-hydrogen) atoms. The van der Waals surface area contributed by atoms with Gasteiger partial charge in [-0.05, 0) is 24.3 Å². The van der Waals surface area contributed by atoms with E-state index in [1.807, 2.05) is 13.1 Å². The number of nitrogens with one attached hydrogen (secondary N) is 1. The van der Waals surface area contributed by atoms with Crippen molar-refractivity contribution in [3.63, 3.8) is 0 Å². The number of benzene rings is 1. The van der Waals surface area contributed by atoms with Crippen LogP contribution >= 0.6 is 15.9 Å². The van der Waals surface area contributed by atoms with E-state index >= 15 is 0 Å². The molecule has 1 N–H and O–H groups in total. The second-order valence-electron chi connectivity index (χ2n) is 4.32. The normalized spacial score (nSPS) is 11.7. The minimum Gasteiger partial charge on any atom is -0.385 e. The molecule has 0 atom stereocenters. The molecule has 0 bridgehead atoms. The van der Waals surface area contributed by atoms with Gasteiger partial charge in [-0.3, -0.25) is 4.68 Å². The Labute approximate surface area is 122 Å². The van der Waals surface area contributed by atoms with E-state index in [2.05, 4.69) is 26.3 Å². The summed E-state index contributed by atoms with van der Waals surface area (Å²) in [6.07, 6.45) is -1.98. The smallest absolute Gasteiger partial charge is 0.385 e. The van der Waals surface area contributed by atoms with Crippen LogP contribution in [0.25, 0.3) is 0 Å². The zero-order valence-electron chi connectivity index (χ0n) is 10.7. The minimum absolute atomic E-state index is 0.0437. The van der Waals surface area contributed by atoms with Gasteiger partial charge >= 0.3 is 6.18 Å². The van der Waals surface area contributed by atoms with E-state index in [-0.39, 0.29) is 4.47 Å². The molecule has 2 aromatic rings. The molecule has 0 aliphatic carbocycles. The third-order valence-electron chi connectivity index (χ3n) is 2.90. The van der Waals surface area contributed by atoms with Gasteiger partial charge in [0.25, 0.3) is 0 Å². The highest BCUT2D eigenvalue weighted by atomic mass is 79.9. The van der Waals surface area contributed by atoms with Crippen LogP contribution in [0.3, 0.4) is 0 Å². The second kappa shape index (κ2) is 5.87. The first-order valence-corrected chi connectivity index (χ1v) is 6.75. The van der Waals surface area contributed by atoms with E-state index in [1.165, 1.54) is 6.07 Å². The Morgan fingerprint density at radius 3 is 2.65 bits per heavy atom. The topological polar surface area (TPSA) is 29.9 Å². The van der Waals surface area contributed by atoms with Crippen molar-refractivity contribution in [3.8, 4) is 0 Å². The molecule has 3 nitrogen and oxygen atoms in total. The zero-order chi connectivity index (χ0) is 14.8. The van der Waals surface area contributed by atoms with Crippen molar-refractivity contribution in [2.24, 2.45) is 7.05 Å². The summed E-state index contributed by atoms with van der Waals surface area (Å²) < 4.78 is 40.1. The van der Waals surface area contributed by atoms with E-state index < -0.39 is 11.7 Å². The summed E-state index contributed by atoms with van der Waals surface area (Å²) in [5.41, 5.74) is 0.788. The molecule has 0 spiro atoms. The standard InChI is InChI=1S/C13H13BrF3N3/c1-20-10(5-7-19-20)4-6-18-9-2-3-12(14)11(8-9)13(15,16)17/h2-3,5,7-8,18H,4,6H2,1H3. The SMILES string of the molecule is Cn1nccc1CCNc1ccc(Br)c(C(F)(F)F)c1. The Hall–Kier alpha value is -1.50. The summed E-state index contributed by atoms with van der Waals surface area (Å²) in [5.74, 6) is 0. The van der Waals surface area contributed by atoms with Crippen molar-refractivity contribution in [3.05, 3.63) is 46.2 Å². The molecule has 0 aliphatic rings. The number of halogens is 4. The fourth-order valence-electron chi connectivity index (χ4n) is 1.83. The van der Waals surface area contributed by atoms with E-state index in [0.717, 1.165) is 11.8 Å². The molecule has 0 amide bonds. The summed E-state index contributed by atoms with van der Waals surface area (Å²) in [7, 11) is 1.83. The lowest BCUT2D eigenvalue weighted by Gasteiger charge is -2.12. The van der Waals surface area contributed by atoms with Crippen LogP contribution in [0.5, 0.6) is 0 Å². The van der Waals surface area contributed by atoms with Crippen LogP contribution in [0.2, 0.25) is 0 Å². The van der Waals surface area contributed by atoms with Crippen molar-refractivity contribution in [2.75, 3.05) is 11.9 Å². The van der Waals surface area contributed by atoms with Crippen LogP contribution in [-0.2, 0) is 19.6 Å². The van der Waals surface area contributed by atoms with E-state index in [4.69, 9.17) is 0 Å². The highest BCUT2D eigenvalue weighted by Crippen LogP contribution is 2.36.